The molecule has 0 amide bonds. The summed E-state index contributed by atoms with van der Waals surface area (Å²) in [5, 5.41) is 2.88. The number of allylic oxidation sites excluding steroid dienone is 1. The second kappa shape index (κ2) is 7.19. The van der Waals surface area contributed by atoms with Crippen LogP contribution in [0.3, 0.4) is 0 Å². The zero-order valence-electron chi connectivity index (χ0n) is 14.7. The van der Waals surface area contributed by atoms with Crippen LogP contribution < -0.4 is 10.4 Å². The third kappa shape index (κ3) is 3.42. The van der Waals surface area contributed by atoms with Gasteiger partial charge in [-0.1, -0.05) is 47.7 Å². The van der Waals surface area contributed by atoms with Gasteiger partial charge in [-0.15, -0.1) is 0 Å². The molecule has 0 bridgehead atoms. The molecule has 2 aromatic carbocycles. The Labute approximate surface area is 159 Å². The van der Waals surface area contributed by atoms with Gasteiger partial charge in [-0.3, -0.25) is 10.4 Å². The zero-order chi connectivity index (χ0) is 17.9. The number of hydrogen-bond donors (Lipinski definition) is 1. The minimum absolute atomic E-state index is 0.727. The van der Waals surface area contributed by atoms with E-state index in [4.69, 9.17) is 11.6 Å². The second-order valence-corrected chi connectivity index (χ2v) is 6.84. The molecule has 1 fully saturated rings. The number of rotatable bonds is 2. The van der Waals surface area contributed by atoms with Gasteiger partial charge in [-0.2, -0.15) is 0 Å². The highest BCUT2D eigenvalue weighted by atomic mass is 35.5. The number of nitrogens with zero attached hydrogens (tertiary/aromatic N) is 2. The maximum atomic E-state index is 6.13. The molecule has 0 radical (unpaired) electrons. The molecule has 4 rings (SSSR count). The van der Waals surface area contributed by atoms with Gasteiger partial charge in [0.1, 0.15) is 0 Å². The van der Waals surface area contributed by atoms with Crippen molar-refractivity contribution in [1.82, 2.24) is 10.3 Å². The molecule has 0 spiro atoms. The monoisotopic (exact) mass is 361 g/mol. The molecule has 26 heavy (non-hydrogen) atoms. The average molecular weight is 362 g/mol. The lowest BCUT2D eigenvalue weighted by Crippen LogP contribution is -2.30. The third-order valence-corrected chi connectivity index (χ3v) is 4.96. The number of nitrogens with one attached hydrogen (secondary N) is 1. The summed E-state index contributed by atoms with van der Waals surface area (Å²) in [6.07, 6.45) is 2.23. The Kier molecular flexibility index (Phi) is 4.60. The van der Waals surface area contributed by atoms with Gasteiger partial charge < -0.3 is 4.90 Å². The third-order valence-electron chi connectivity index (χ3n) is 4.72. The summed E-state index contributed by atoms with van der Waals surface area (Å²) < 4.78 is 0. The van der Waals surface area contributed by atoms with Crippen molar-refractivity contribution in [2.24, 2.45) is 0 Å². The first-order valence-electron chi connectivity index (χ1n) is 8.69. The standard InChI is InChI=1S/C22H20ClN3/c1-17-21-16-26(20-11-5-10-19(23)15-20)24-22(21)12-14-25(17)13-6-9-18-7-3-2-4-8-18/h2-5,7-8,10-12,15,24H,13-14,16H2,1H3. The van der Waals surface area contributed by atoms with E-state index < -0.39 is 0 Å². The van der Waals surface area contributed by atoms with E-state index in [9.17, 15) is 0 Å². The van der Waals surface area contributed by atoms with Gasteiger partial charge in [-0.25, -0.2) is 0 Å². The predicted molar refractivity (Wildman–Crippen MR) is 108 cm³/mol. The Hall–Kier alpha value is -2.83. The molecule has 0 atom stereocenters. The molecule has 0 aromatic heterocycles. The molecule has 4 heteroatoms. The van der Waals surface area contributed by atoms with Crippen molar-refractivity contribution in [3.05, 3.63) is 88.2 Å². The van der Waals surface area contributed by atoms with E-state index in [1.165, 1.54) is 17.0 Å². The molecule has 3 nitrogen and oxygen atoms in total. The highest BCUT2D eigenvalue weighted by Crippen LogP contribution is 2.30. The van der Waals surface area contributed by atoms with Crippen molar-refractivity contribution in [3.63, 3.8) is 0 Å². The Morgan fingerprint density at radius 1 is 1.12 bits per heavy atom. The van der Waals surface area contributed by atoms with Gasteiger partial charge in [0.05, 0.1) is 24.5 Å². The van der Waals surface area contributed by atoms with E-state index in [1.807, 2.05) is 48.5 Å². The van der Waals surface area contributed by atoms with Gasteiger partial charge in [0.15, 0.2) is 0 Å². The van der Waals surface area contributed by atoms with Gasteiger partial charge in [0, 0.05) is 28.4 Å². The lowest BCUT2D eigenvalue weighted by molar-refractivity contribution is 0.417. The van der Waals surface area contributed by atoms with E-state index >= 15 is 0 Å². The molecule has 0 saturated carbocycles. The molecule has 2 heterocycles. The Morgan fingerprint density at radius 3 is 2.77 bits per heavy atom. The first kappa shape index (κ1) is 16.6. The Balaban J connectivity index is 1.49. The molecule has 130 valence electrons. The molecule has 0 aliphatic carbocycles. The van der Waals surface area contributed by atoms with Crippen molar-refractivity contribution in [1.29, 1.82) is 0 Å². The van der Waals surface area contributed by atoms with Gasteiger partial charge in [0.25, 0.3) is 0 Å². The fourth-order valence-corrected chi connectivity index (χ4v) is 3.43. The quantitative estimate of drug-likeness (QED) is 0.809. The summed E-state index contributed by atoms with van der Waals surface area (Å²) in [7, 11) is 0. The van der Waals surface area contributed by atoms with E-state index in [1.54, 1.807) is 0 Å². The Bertz CT molecular complexity index is 935. The molecular formula is C22H20ClN3. The van der Waals surface area contributed by atoms with Crippen LogP contribution in [-0.2, 0) is 0 Å². The van der Waals surface area contributed by atoms with Crippen LogP contribution in [0.15, 0.2) is 77.6 Å². The highest BCUT2D eigenvalue weighted by Gasteiger charge is 2.27. The largest absolute Gasteiger partial charge is 0.360 e. The fourth-order valence-electron chi connectivity index (χ4n) is 3.24. The van der Waals surface area contributed by atoms with Crippen LogP contribution in [0.4, 0.5) is 5.69 Å². The maximum absolute atomic E-state index is 6.13. The van der Waals surface area contributed by atoms with Crippen LogP contribution in [0.5, 0.6) is 0 Å². The van der Waals surface area contributed by atoms with E-state index in [-0.39, 0.29) is 0 Å². The normalized spacial score (nSPS) is 15.8. The van der Waals surface area contributed by atoms with E-state index in [2.05, 4.69) is 46.2 Å². The molecule has 1 N–H and O–H groups in total. The summed E-state index contributed by atoms with van der Waals surface area (Å²) in [5.74, 6) is 6.53. The number of halogens is 1. The summed E-state index contributed by atoms with van der Waals surface area (Å²) in [5.41, 5.74) is 9.40. The fraction of sp³-hybridized carbons (Fsp3) is 0.182. The van der Waals surface area contributed by atoms with Gasteiger partial charge in [0.2, 0.25) is 0 Å². The molecule has 2 aromatic rings. The summed E-state index contributed by atoms with van der Waals surface area (Å²) >= 11 is 6.13. The average Bonchev–Trinajstić information content (AvgIpc) is 3.10. The van der Waals surface area contributed by atoms with E-state index in [0.717, 1.165) is 35.9 Å². The number of hydrogen-bond acceptors (Lipinski definition) is 3. The molecule has 0 unspecified atom stereocenters. The summed E-state index contributed by atoms with van der Waals surface area (Å²) in [6.45, 7) is 4.59. The van der Waals surface area contributed by atoms with Crippen LogP contribution >= 0.6 is 11.6 Å². The van der Waals surface area contributed by atoms with Crippen molar-refractivity contribution in [2.45, 2.75) is 6.92 Å². The Morgan fingerprint density at radius 2 is 1.96 bits per heavy atom. The summed E-state index contributed by atoms with van der Waals surface area (Å²) in [4.78, 5) is 2.32. The van der Waals surface area contributed by atoms with Crippen LogP contribution in [0.1, 0.15) is 12.5 Å². The first-order valence-corrected chi connectivity index (χ1v) is 9.07. The summed E-state index contributed by atoms with van der Waals surface area (Å²) in [6, 6.07) is 18.0. The van der Waals surface area contributed by atoms with Gasteiger partial charge in [-0.05, 0) is 43.3 Å². The van der Waals surface area contributed by atoms with Crippen LogP contribution in [-0.4, -0.2) is 24.5 Å². The van der Waals surface area contributed by atoms with Crippen molar-refractivity contribution in [3.8, 4) is 11.8 Å². The number of benzene rings is 2. The molecule has 1 saturated heterocycles. The topological polar surface area (TPSA) is 18.5 Å². The first-order chi connectivity index (χ1) is 12.7. The van der Waals surface area contributed by atoms with Crippen LogP contribution in [0.25, 0.3) is 0 Å². The van der Waals surface area contributed by atoms with Crippen molar-refractivity contribution < 1.29 is 0 Å². The minimum Gasteiger partial charge on any atom is -0.360 e. The molecule has 2 aliphatic heterocycles. The zero-order valence-corrected chi connectivity index (χ0v) is 15.4. The van der Waals surface area contributed by atoms with E-state index in [0.29, 0.717) is 0 Å². The number of anilines is 1. The second-order valence-electron chi connectivity index (χ2n) is 6.41. The molecular weight excluding hydrogens is 342 g/mol. The smallest absolute Gasteiger partial charge is 0.0798 e. The maximum Gasteiger partial charge on any atom is 0.0798 e. The molecule has 2 aliphatic rings. The number of hydrazine groups is 1. The van der Waals surface area contributed by atoms with Crippen molar-refractivity contribution >= 4 is 17.3 Å². The lowest BCUT2D eigenvalue weighted by atomic mass is 10.1. The van der Waals surface area contributed by atoms with Gasteiger partial charge >= 0.3 is 0 Å². The lowest BCUT2D eigenvalue weighted by Gasteiger charge is -2.27. The van der Waals surface area contributed by atoms with Crippen LogP contribution in [0, 0.1) is 11.8 Å². The van der Waals surface area contributed by atoms with Crippen LogP contribution in [0.2, 0.25) is 5.02 Å². The highest BCUT2D eigenvalue weighted by molar-refractivity contribution is 6.30. The van der Waals surface area contributed by atoms with Crippen molar-refractivity contribution in [2.75, 3.05) is 24.6 Å². The number of fused-ring (bicyclic) bond motifs is 1. The SMILES string of the molecule is CC1=C2CN(c3cccc(Cl)c3)NC2=CCN1CC#Cc1ccccc1. The predicted octanol–water partition coefficient (Wildman–Crippen LogP) is 4.19. The minimum atomic E-state index is 0.727.